The third-order valence-corrected chi connectivity index (χ3v) is 4.52. The molecule has 1 aromatic carbocycles. The van der Waals surface area contributed by atoms with E-state index in [9.17, 15) is 22.8 Å². The van der Waals surface area contributed by atoms with Crippen molar-refractivity contribution in [1.82, 2.24) is 4.90 Å². The van der Waals surface area contributed by atoms with Gasteiger partial charge in [0.15, 0.2) is 0 Å². The number of anilines is 1. The molecule has 8 heteroatoms. The standard InChI is InChI=1S/C19H19F3N2O3/c1-12-6-7-16(27-12)11-23(2)18(26)13-8-17(25)24(10-13)15-5-3-4-14(9-15)19(20,21)22/h3-7,9,13H,8,10-11H2,1-2H3/t13-/m1/s1. The Kier molecular flexibility index (Phi) is 4.99. The van der Waals surface area contributed by atoms with Crippen molar-refractivity contribution >= 4 is 17.5 Å². The van der Waals surface area contributed by atoms with Crippen molar-refractivity contribution in [2.75, 3.05) is 18.5 Å². The minimum Gasteiger partial charge on any atom is -0.464 e. The molecule has 0 bridgehead atoms. The van der Waals surface area contributed by atoms with Gasteiger partial charge in [-0.25, -0.2) is 0 Å². The number of carbonyl (C=O) groups is 2. The van der Waals surface area contributed by atoms with Crippen LogP contribution < -0.4 is 4.90 Å². The van der Waals surface area contributed by atoms with Gasteiger partial charge in [0.2, 0.25) is 11.8 Å². The van der Waals surface area contributed by atoms with E-state index in [2.05, 4.69) is 0 Å². The summed E-state index contributed by atoms with van der Waals surface area (Å²) in [6.07, 6.45) is -4.52. The Labute approximate surface area is 154 Å². The number of halogens is 3. The molecule has 1 aliphatic rings. The Morgan fingerprint density at radius 3 is 2.67 bits per heavy atom. The summed E-state index contributed by atoms with van der Waals surface area (Å²) in [6.45, 7) is 2.12. The summed E-state index contributed by atoms with van der Waals surface area (Å²) in [5.41, 5.74) is -0.678. The smallest absolute Gasteiger partial charge is 0.416 e. The number of hydrogen-bond donors (Lipinski definition) is 0. The summed E-state index contributed by atoms with van der Waals surface area (Å²) in [5.74, 6) is 0.148. The second-order valence-corrected chi connectivity index (χ2v) is 6.66. The first-order valence-corrected chi connectivity index (χ1v) is 8.43. The van der Waals surface area contributed by atoms with E-state index < -0.39 is 17.7 Å². The molecule has 2 amide bonds. The average molecular weight is 380 g/mol. The number of carbonyl (C=O) groups excluding carboxylic acids is 2. The first kappa shape index (κ1) is 19.0. The molecule has 0 N–H and O–H groups in total. The molecular formula is C19H19F3N2O3. The van der Waals surface area contributed by atoms with E-state index in [0.29, 0.717) is 5.76 Å². The van der Waals surface area contributed by atoms with Crippen LogP contribution in [0.2, 0.25) is 0 Å². The first-order valence-electron chi connectivity index (χ1n) is 8.43. The van der Waals surface area contributed by atoms with Gasteiger partial charge in [0.1, 0.15) is 11.5 Å². The molecule has 0 saturated carbocycles. The van der Waals surface area contributed by atoms with Gasteiger partial charge >= 0.3 is 6.18 Å². The molecule has 1 atom stereocenters. The van der Waals surface area contributed by atoms with Gasteiger partial charge in [-0.1, -0.05) is 6.07 Å². The molecule has 2 aromatic rings. The van der Waals surface area contributed by atoms with Gasteiger partial charge in [0.05, 0.1) is 18.0 Å². The molecule has 0 radical (unpaired) electrons. The fraction of sp³-hybridized carbons (Fsp3) is 0.368. The van der Waals surface area contributed by atoms with Crippen molar-refractivity contribution < 1.29 is 27.2 Å². The molecule has 0 unspecified atom stereocenters. The van der Waals surface area contributed by atoms with Crippen molar-refractivity contribution in [1.29, 1.82) is 0 Å². The van der Waals surface area contributed by atoms with E-state index in [1.54, 1.807) is 26.1 Å². The highest BCUT2D eigenvalue weighted by Gasteiger charge is 2.38. The SMILES string of the molecule is Cc1ccc(CN(C)C(=O)[C@@H]2CC(=O)N(c3cccc(C(F)(F)F)c3)C2)o1. The Bertz CT molecular complexity index is 860. The van der Waals surface area contributed by atoms with E-state index in [1.807, 2.05) is 0 Å². The molecule has 3 rings (SSSR count). The fourth-order valence-electron chi connectivity index (χ4n) is 3.17. The fourth-order valence-corrected chi connectivity index (χ4v) is 3.17. The lowest BCUT2D eigenvalue weighted by Crippen LogP contribution is -2.34. The van der Waals surface area contributed by atoms with E-state index in [0.717, 1.165) is 17.9 Å². The van der Waals surface area contributed by atoms with Gasteiger partial charge < -0.3 is 14.2 Å². The molecule has 5 nitrogen and oxygen atoms in total. The lowest BCUT2D eigenvalue weighted by Gasteiger charge is -2.21. The van der Waals surface area contributed by atoms with Gasteiger partial charge in [0, 0.05) is 25.7 Å². The highest BCUT2D eigenvalue weighted by Crippen LogP contribution is 2.33. The summed E-state index contributed by atoms with van der Waals surface area (Å²) in [7, 11) is 1.61. The number of rotatable bonds is 4. The summed E-state index contributed by atoms with van der Waals surface area (Å²) in [6, 6.07) is 8.14. The second-order valence-electron chi connectivity index (χ2n) is 6.66. The zero-order chi connectivity index (χ0) is 19.8. The molecule has 1 aliphatic heterocycles. The van der Waals surface area contributed by atoms with Crippen LogP contribution in [-0.2, 0) is 22.3 Å². The Morgan fingerprint density at radius 2 is 2.04 bits per heavy atom. The normalized spacial score (nSPS) is 17.4. The Hall–Kier alpha value is -2.77. The van der Waals surface area contributed by atoms with Crippen LogP contribution in [0.3, 0.4) is 0 Å². The maximum Gasteiger partial charge on any atom is 0.416 e. The summed E-state index contributed by atoms with van der Waals surface area (Å²) in [4.78, 5) is 27.6. The number of hydrogen-bond acceptors (Lipinski definition) is 3. The molecule has 0 spiro atoms. The highest BCUT2D eigenvalue weighted by molar-refractivity contribution is 6.00. The second kappa shape index (κ2) is 7.09. The molecule has 1 fully saturated rings. The Balaban J connectivity index is 1.70. The number of amides is 2. The predicted octanol–water partition coefficient (Wildman–Crippen LogP) is 3.62. The lowest BCUT2D eigenvalue weighted by molar-refractivity contribution is -0.137. The van der Waals surface area contributed by atoms with E-state index in [4.69, 9.17) is 4.42 Å². The van der Waals surface area contributed by atoms with Crippen LogP contribution in [0.15, 0.2) is 40.8 Å². The number of alkyl halides is 3. The molecule has 1 aromatic heterocycles. The first-order chi connectivity index (χ1) is 12.6. The summed E-state index contributed by atoms with van der Waals surface area (Å²) < 4.78 is 44.1. The van der Waals surface area contributed by atoms with Crippen LogP contribution in [0.25, 0.3) is 0 Å². The van der Waals surface area contributed by atoms with E-state index in [-0.39, 0.29) is 37.0 Å². The molecule has 144 valence electrons. The van der Waals surface area contributed by atoms with Crippen molar-refractivity contribution in [3.05, 3.63) is 53.5 Å². The number of aryl methyl sites for hydroxylation is 1. The predicted molar refractivity (Wildman–Crippen MR) is 91.8 cm³/mol. The van der Waals surface area contributed by atoms with Gasteiger partial charge in [-0.2, -0.15) is 13.2 Å². The minimum atomic E-state index is -4.49. The van der Waals surface area contributed by atoms with E-state index >= 15 is 0 Å². The van der Waals surface area contributed by atoms with Gasteiger partial charge in [-0.05, 0) is 37.3 Å². The number of nitrogens with zero attached hydrogens (tertiary/aromatic N) is 2. The van der Waals surface area contributed by atoms with Crippen LogP contribution in [0, 0.1) is 12.8 Å². The maximum absolute atomic E-state index is 12.9. The zero-order valence-electron chi connectivity index (χ0n) is 14.9. The third-order valence-electron chi connectivity index (χ3n) is 4.52. The molecule has 1 saturated heterocycles. The van der Waals surface area contributed by atoms with Crippen molar-refractivity contribution in [3.63, 3.8) is 0 Å². The van der Waals surface area contributed by atoms with Crippen molar-refractivity contribution in [3.8, 4) is 0 Å². The van der Waals surface area contributed by atoms with Crippen LogP contribution in [-0.4, -0.2) is 30.3 Å². The zero-order valence-corrected chi connectivity index (χ0v) is 14.9. The van der Waals surface area contributed by atoms with Crippen molar-refractivity contribution in [2.45, 2.75) is 26.1 Å². The molecule has 27 heavy (non-hydrogen) atoms. The monoisotopic (exact) mass is 380 g/mol. The quantitative estimate of drug-likeness (QED) is 0.814. The lowest BCUT2D eigenvalue weighted by atomic mass is 10.1. The van der Waals surface area contributed by atoms with Gasteiger partial charge in [-0.3, -0.25) is 9.59 Å². The van der Waals surface area contributed by atoms with Gasteiger partial charge in [0.25, 0.3) is 0 Å². The third kappa shape index (κ3) is 4.15. The van der Waals surface area contributed by atoms with Crippen LogP contribution in [0.4, 0.5) is 18.9 Å². The van der Waals surface area contributed by atoms with Crippen LogP contribution in [0.5, 0.6) is 0 Å². The number of furan rings is 1. The molecule has 0 aliphatic carbocycles. The minimum absolute atomic E-state index is 0.0311. The maximum atomic E-state index is 12.9. The summed E-state index contributed by atoms with van der Waals surface area (Å²) >= 11 is 0. The van der Waals surface area contributed by atoms with Crippen LogP contribution in [0.1, 0.15) is 23.5 Å². The molecule has 2 heterocycles. The van der Waals surface area contributed by atoms with E-state index in [1.165, 1.54) is 21.9 Å². The topological polar surface area (TPSA) is 53.8 Å². The highest BCUT2D eigenvalue weighted by atomic mass is 19.4. The van der Waals surface area contributed by atoms with Crippen LogP contribution >= 0.6 is 0 Å². The number of benzene rings is 1. The summed E-state index contributed by atoms with van der Waals surface area (Å²) in [5, 5.41) is 0. The average Bonchev–Trinajstić information content (AvgIpc) is 3.19. The largest absolute Gasteiger partial charge is 0.464 e. The molecular weight excluding hydrogens is 361 g/mol. The Morgan fingerprint density at radius 1 is 1.30 bits per heavy atom. The van der Waals surface area contributed by atoms with Gasteiger partial charge in [-0.15, -0.1) is 0 Å². The van der Waals surface area contributed by atoms with Crippen molar-refractivity contribution in [2.24, 2.45) is 5.92 Å².